The van der Waals surface area contributed by atoms with Crippen molar-refractivity contribution in [2.75, 3.05) is 10.7 Å². The van der Waals surface area contributed by atoms with Gasteiger partial charge in [0.15, 0.2) is 5.13 Å². The molecule has 11 heteroatoms. The molecule has 0 aliphatic carbocycles. The highest BCUT2D eigenvalue weighted by atomic mass is 32.1. The summed E-state index contributed by atoms with van der Waals surface area (Å²) in [6.45, 7) is 1.98. The number of rotatable bonds is 7. The number of hydrazine groups is 1. The fourth-order valence-electron chi connectivity index (χ4n) is 2.88. The van der Waals surface area contributed by atoms with E-state index in [1.54, 1.807) is 0 Å². The fraction of sp³-hybridized carbons (Fsp3) is 0.100. The first-order chi connectivity index (χ1) is 15.0. The van der Waals surface area contributed by atoms with E-state index in [1.165, 1.54) is 17.7 Å². The van der Waals surface area contributed by atoms with Crippen molar-refractivity contribution in [1.82, 2.24) is 20.4 Å². The van der Waals surface area contributed by atoms with Gasteiger partial charge in [-0.2, -0.15) is 0 Å². The van der Waals surface area contributed by atoms with E-state index < -0.39 is 10.6 Å². The summed E-state index contributed by atoms with van der Waals surface area (Å²) in [6.07, 6.45) is 1.28. The maximum absolute atomic E-state index is 12.2. The van der Waals surface area contributed by atoms with Crippen LogP contribution in [0.25, 0.3) is 10.2 Å². The van der Waals surface area contributed by atoms with Crippen LogP contribution < -0.4 is 16.2 Å². The smallest absolute Gasteiger partial charge is 0.310 e. The molecule has 156 valence electrons. The number of nitro groups is 1. The third-order valence-corrected chi connectivity index (χ3v) is 5.24. The number of nitrogens with zero attached hydrogens (tertiary/aromatic N) is 4. The summed E-state index contributed by atoms with van der Waals surface area (Å²) in [5.41, 5.74) is 7.24. The lowest BCUT2D eigenvalue weighted by Gasteiger charge is -2.10. The topological polar surface area (TPSA) is 135 Å². The second kappa shape index (κ2) is 8.71. The molecule has 0 radical (unpaired) electrons. The van der Waals surface area contributed by atoms with Crippen molar-refractivity contribution in [3.63, 3.8) is 0 Å². The van der Waals surface area contributed by atoms with Crippen LogP contribution in [0.3, 0.4) is 0 Å². The Morgan fingerprint density at radius 2 is 1.90 bits per heavy atom. The molecule has 0 spiro atoms. The molecule has 3 N–H and O–H groups in total. The highest BCUT2D eigenvalue weighted by Crippen LogP contribution is 2.34. The zero-order valence-corrected chi connectivity index (χ0v) is 17.1. The molecule has 2 aromatic carbocycles. The average Bonchev–Trinajstić information content (AvgIpc) is 3.14. The Hall–Kier alpha value is -4.12. The van der Waals surface area contributed by atoms with E-state index in [2.05, 4.69) is 31.1 Å². The lowest BCUT2D eigenvalue weighted by molar-refractivity contribution is -0.383. The van der Waals surface area contributed by atoms with E-state index in [1.807, 2.05) is 55.5 Å². The Morgan fingerprint density at radius 3 is 2.68 bits per heavy atom. The zero-order valence-electron chi connectivity index (χ0n) is 16.3. The molecule has 0 saturated carbocycles. The van der Waals surface area contributed by atoms with Crippen molar-refractivity contribution < 1.29 is 9.72 Å². The average molecular weight is 435 g/mol. The first-order valence-electron chi connectivity index (χ1n) is 9.22. The predicted octanol–water partition coefficient (Wildman–Crippen LogP) is 3.73. The molecule has 2 aromatic heterocycles. The van der Waals surface area contributed by atoms with Crippen LogP contribution in [0, 0.1) is 17.0 Å². The second-order valence-corrected chi connectivity index (χ2v) is 7.66. The number of fused-ring (bicyclic) bond motifs is 1. The van der Waals surface area contributed by atoms with Crippen molar-refractivity contribution in [2.24, 2.45) is 0 Å². The minimum absolute atomic E-state index is 0.0319. The molecule has 2 heterocycles. The van der Waals surface area contributed by atoms with Gasteiger partial charge in [0.25, 0.3) is 0 Å². The van der Waals surface area contributed by atoms with E-state index >= 15 is 0 Å². The molecule has 0 fully saturated rings. The molecule has 10 nitrogen and oxygen atoms in total. The Morgan fingerprint density at radius 1 is 1.13 bits per heavy atom. The maximum Gasteiger partial charge on any atom is 0.355 e. The van der Waals surface area contributed by atoms with Crippen LogP contribution in [0.4, 0.5) is 22.5 Å². The molecule has 0 atom stereocenters. The third-order valence-electron chi connectivity index (χ3n) is 4.30. The molecule has 0 unspecified atom stereocenters. The predicted molar refractivity (Wildman–Crippen MR) is 118 cm³/mol. The fourth-order valence-corrected chi connectivity index (χ4v) is 3.84. The quantitative estimate of drug-likeness (QED) is 0.295. The highest BCUT2D eigenvalue weighted by Gasteiger charge is 2.24. The van der Waals surface area contributed by atoms with Gasteiger partial charge in [0.1, 0.15) is 6.33 Å². The number of hydrogen-bond donors (Lipinski definition) is 3. The summed E-state index contributed by atoms with van der Waals surface area (Å²) in [4.78, 5) is 35.6. The van der Waals surface area contributed by atoms with Crippen molar-refractivity contribution in [3.05, 3.63) is 76.1 Å². The number of hydrogen-bond acceptors (Lipinski definition) is 9. The first kappa shape index (κ1) is 20.2. The van der Waals surface area contributed by atoms with Crippen molar-refractivity contribution >= 4 is 49.9 Å². The summed E-state index contributed by atoms with van der Waals surface area (Å²) >= 11 is 1.36. The van der Waals surface area contributed by atoms with Crippen LogP contribution in [-0.4, -0.2) is 25.8 Å². The van der Waals surface area contributed by atoms with Gasteiger partial charge in [-0.05, 0) is 30.2 Å². The second-order valence-electron chi connectivity index (χ2n) is 6.63. The summed E-state index contributed by atoms with van der Waals surface area (Å²) in [5.74, 6) is -0.536. The summed E-state index contributed by atoms with van der Waals surface area (Å²) in [5, 5.41) is 15.1. The Bertz CT molecular complexity index is 1260. The first-order valence-corrected chi connectivity index (χ1v) is 10.0. The maximum atomic E-state index is 12.2. The van der Waals surface area contributed by atoms with E-state index in [9.17, 15) is 14.9 Å². The largest absolute Gasteiger partial charge is 0.355 e. The van der Waals surface area contributed by atoms with Gasteiger partial charge in [-0.1, -0.05) is 47.7 Å². The van der Waals surface area contributed by atoms with E-state index in [4.69, 9.17) is 0 Å². The molecular formula is C20H17N7O3S. The zero-order chi connectivity index (χ0) is 21.8. The normalized spacial score (nSPS) is 10.6. The molecular weight excluding hydrogens is 418 g/mol. The Kier molecular flexibility index (Phi) is 5.67. The van der Waals surface area contributed by atoms with Gasteiger partial charge in [-0.25, -0.2) is 15.0 Å². The molecule has 4 rings (SSSR count). The van der Waals surface area contributed by atoms with Crippen LogP contribution in [-0.2, 0) is 11.2 Å². The number of benzene rings is 2. The number of carbonyl (C=O) groups excluding carboxylic acids is 1. The van der Waals surface area contributed by atoms with Crippen LogP contribution in [0.1, 0.15) is 11.1 Å². The molecule has 31 heavy (non-hydrogen) atoms. The van der Waals surface area contributed by atoms with E-state index in [-0.39, 0.29) is 24.0 Å². The van der Waals surface area contributed by atoms with Gasteiger partial charge in [0, 0.05) is 0 Å². The van der Waals surface area contributed by atoms with Crippen molar-refractivity contribution in [2.45, 2.75) is 13.3 Å². The van der Waals surface area contributed by atoms with Crippen LogP contribution in [0.2, 0.25) is 0 Å². The standard InChI is InChI=1S/C20H17N7O3S/c1-12-7-8-14-15(9-12)31-20(23-14)24-18-17(27(29)30)19(22-11-21-18)26-25-16(28)10-13-5-3-2-4-6-13/h2-9,11H,10H2,1H3,(H,25,28)(H2,21,22,23,24,26). The number of aryl methyl sites for hydroxylation is 1. The van der Waals surface area contributed by atoms with E-state index in [0.29, 0.717) is 5.13 Å². The highest BCUT2D eigenvalue weighted by molar-refractivity contribution is 7.22. The van der Waals surface area contributed by atoms with Crippen LogP contribution in [0.15, 0.2) is 54.9 Å². The summed E-state index contributed by atoms with van der Waals surface area (Å²) < 4.78 is 0.950. The molecule has 4 aromatic rings. The summed E-state index contributed by atoms with van der Waals surface area (Å²) in [6, 6.07) is 14.9. The van der Waals surface area contributed by atoms with Gasteiger partial charge in [-0.15, -0.1) is 0 Å². The molecule has 0 saturated heterocycles. The number of aromatic nitrogens is 3. The van der Waals surface area contributed by atoms with Gasteiger partial charge < -0.3 is 5.32 Å². The number of anilines is 3. The van der Waals surface area contributed by atoms with Gasteiger partial charge in [0.05, 0.1) is 21.6 Å². The third kappa shape index (κ3) is 4.73. The van der Waals surface area contributed by atoms with Gasteiger partial charge >= 0.3 is 5.69 Å². The molecule has 1 amide bonds. The Labute approximate surface area is 180 Å². The summed E-state index contributed by atoms with van der Waals surface area (Å²) in [7, 11) is 0. The Balaban J connectivity index is 1.53. The lowest BCUT2D eigenvalue weighted by atomic mass is 10.1. The van der Waals surface area contributed by atoms with E-state index in [0.717, 1.165) is 21.3 Å². The minimum atomic E-state index is -0.620. The molecule has 0 aliphatic heterocycles. The minimum Gasteiger partial charge on any atom is -0.310 e. The monoisotopic (exact) mass is 435 g/mol. The molecule has 0 bridgehead atoms. The lowest BCUT2D eigenvalue weighted by Crippen LogP contribution is -2.31. The number of carbonyl (C=O) groups is 1. The number of thiazole rings is 1. The SMILES string of the molecule is Cc1ccc2nc(Nc3ncnc(NNC(=O)Cc4ccccc4)c3[N+](=O)[O-])sc2c1. The van der Waals surface area contributed by atoms with Gasteiger partial charge in [-0.3, -0.25) is 25.8 Å². The number of amides is 1. The van der Waals surface area contributed by atoms with Gasteiger partial charge in [0.2, 0.25) is 17.5 Å². The van der Waals surface area contributed by atoms with Crippen molar-refractivity contribution in [1.29, 1.82) is 0 Å². The van der Waals surface area contributed by atoms with Crippen LogP contribution in [0.5, 0.6) is 0 Å². The number of nitrogens with one attached hydrogen (secondary N) is 3. The van der Waals surface area contributed by atoms with Crippen LogP contribution >= 0.6 is 11.3 Å². The van der Waals surface area contributed by atoms with Crippen molar-refractivity contribution in [3.8, 4) is 0 Å². The molecule has 0 aliphatic rings.